The number of ether oxygens (including phenoxy) is 4. The van der Waals surface area contributed by atoms with Crippen LogP contribution in [0.25, 0.3) is 0 Å². The van der Waals surface area contributed by atoms with Crippen LogP contribution in [-0.2, 0) is 65.4 Å². The monoisotopic (exact) mass is 1030 g/mol. The summed E-state index contributed by atoms with van der Waals surface area (Å²) >= 11 is 0. The maximum Gasteiger partial charge on any atom is 0.472 e. The highest BCUT2D eigenvalue weighted by Gasteiger charge is 2.30. The molecule has 0 rings (SSSR count). The van der Waals surface area contributed by atoms with Gasteiger partial charge in [0, 0.05) is 25.7 Å². The van der Waals surface area contributed by atoms with E-state index < -0.39 is 97.5 Å². The third kappa shape index (κ3) is 45.7. The Morgan fingerprint density at radius 3 is 0.884 bits per heavy atom. The fourth-order valence-corrected chi connectivity index (χ4v) is 8.74. The molecule has 0 aliphatic heterocycles. The molecule has 408 valence electrons. The zero-order valence-electron chi connectivity index (χ0n) is 43.3. The third-order valence-corrected chi connectivity index (χ3v) is 13.3. The normalized spacial score (nSPS) is 14.6. The van der Waals surface area contributed by atoms with Gasteiger partial charge in [0.15, 0.2) is 12.2 Å². The zero-order chi connectivity index (χ0) is 51.3. The molecule has 0 heterocycles. The Balaban J connectivity index is 5.06. The highest BCUT2D eigenvalue weighted by Crippen LogP contribution is 2.45. The number of rotatable bonds is 51. The van der Waals surface area contributed by atoms with Crippen molar-refractivity contribution in [2.45, 2.75) is 258 Å². The number of hydrogen-bond acceptors (Lipinski definition) is 15. The first-order valence-electron chi connectivity index (χ1n) is 26.8. The first kappa shape index (κ1) is 67.1. The van der Waals surface area contributed by atoms with Gasteiger partial charge < -0.3 is 33.8 Å². The van der Waals surface area contributed by atoms with Crippen molar-refractivity contribution in [1.29, 1.82) is 0 Å². The standard InChI is InChI=1S/C50H96O17P2/c1-5-9-13-16-19-21-22-23-24-26-29-33-37-50(55)66-45(40-60-47(52)34-30-12-8-4)42-64-68(56,57)62-38-44(51)39-63-69(58,59)65-43-46(67-49(54)36-32-27-18-15-11-7-3)41-61-48(53)35-31-28-25-20-17-14-10-6-2/h44-46,51H,5-43H2,1-4H3,(H,56,57)(H,58,59)/t44-,45+,46+/m0/s1. The topological polar surface area (TPSA) is 237 Å². The molecule has 0 aromatic carbocycles. The largest absolute Gasteiger partial charge is 0.472 e. The molecule has 0 radical (unpaired) electrons. The van der Waals surface area contributed by atoms with Crippen molar-refractivity contribution in [3.05, 3.63) is 0 Å². The van der Waals surface area contributed by atoms with E-state index in [1.54, 1.807) is 0 Å². The minimum absolute atomic E-state index is 0.102. The van der Waals surface area contributed by atoms with Gasteiger partial charge in [-0.15, -0.1) is 0 Å². The first-order valence-corrected chi connectivity index (χ1v) is 29.8. The Bertz CT molecular complexity index is 1370. The molecule has 5 atom stereocenters. The van der Waals surface area contributed by atoms with Gasteiger partial charge in [-0.25, -0.2) is 9.13 Å². The van der Waals surface area contributed by atoms with Crippen molar-refractivity contribution >= 4 is 39.5 Å². The Labute approximate surface area is 416 Å². The van der Waals surface area contributed by atoms with Crippen LogP contribution in [0.4, 0.5) is 0 Å². The number of carbonyl (C=O) groups is 4. The maximum absolute atomic E-state index is 12.8. The molecule has 17 nitrogen and oxygen atoms in total. The minimum Gasteiger partial charge on any atom is -0.462 e. The second-order valence-corrected chi connectivity index (χ2v) is 21.1. The number of aliphatic hydroxyl groups excluding tert-OH is 1. The summed E-state index contributed by atoms with van der Waals surface area (Å²) in [6.07, 6.45) is 26.3. The van der Waals surface area contributed by atoms with Crippen molar-refractivity contribution in [2.24, 2.45) is 0 Å². The van der Waals surface area contributed by atoms with Gasteiger partial charge in [0.2, 0.25) is 0 Å². The zero-order valence-corrected chi connectivity index (χ0v) is 45.0. The van der Waals surface area contributed by atoms with Crippen LogP contribution in [0, 0.1) is 0 Å². The predicted molar refractivity (Wildman–Crippen MR) is 266 cm³/mol. The summed E-state index contributed by atoms with van der Waals surface area (Å²) in [6, 6.07) is 0. The van der Waals surface area contributed by atoms with E-state index in [9.17, 15) is 43.2 Å². The van der Waals surface area contributed by atoms with E-state index in [4.69, 9.17) is 37.0 Å². The molecule has 0 fully saturated rings. The van der Waals surface area contributed by atoms with Gasteiger partial charge in [-0.3, -0.25) is 37.3 Å². The third-order valence-electron chi connectivity index (χ3n) is 11.4. The molecule has 0 aromatic rings. The highest BCUT2D eigenvalue weighted by atomic mass is 31.2. The summed E-state index contributed by atoms with van der Waals surface area (Å²) in [5, 5.41) is 10.4. The van der Waals surface area contributed by atoms with Crippen LogP contribution in [-0.4, -0.2) is 96.7 Å². The Kier molecular flexibility index (Phi) is 44.6. The van der Waals surface area contributed by atoms with Crippen LogP contribution in [0.1, 0.15) is 240 Å². The van der Waals surface area contributed by atoms with Gasteiger partial charge in [0.1, 0.15) is 19.3 Å². The lowest BCUT2D eigenvalue weighted by Crippen LogP contribution is -2.30. The van der Waals surface area contributed by atoms with Crippen LogP contribution in [0.15, 0.2) is 0 Å². The van der Waals surface area contributed by atoms with E-state index in [0.717, 1.165) is 96.3 Å². The molecule has 0 aliphatic carbocycles. The summed E-state index contributed by atoms with van der Waals surface area (Å²) in [4.78, 5) is 70.8. The SMILES string of the molecule is CCCCCCCCCCCCCCC(=O)O[C@H](COC(=O)CCCCC)COP(=O)(O)OC[C@H](O)COP(=O)(O)OC[C@@H](COC(=O)CCCCCCCCCC)OC(=O)CCCCCCCC. The number of unbranched alkanes of at least 4 members (excludes halogenated alkanes) is 25. The van der Waals surface area contributed by atoms with Gasteiger partial charge in [0.05, 0.1) is 26.4 Å². The molecule has 3 N–H and O–H groups in total. The molecule has 0 bridgehead atoms. The molecular weight excluding hydrogens is 934 g/mol. The fraction of sp³-hybridized carbons (Fsp3) is 0.920. The van der Waals surface area contributed by atoms with Gasteiger partial charge >= 0.3 is 39.5 Å². The number of phosphoric ester groups is 2. The Morgan fingerprint density at radius 1 is 0.348 bits per heavy atom. The maximum atomic E-state index is 12.8. The Hall–Kier alpha value is -1.94. The summed E-state index contributed by atoms with van der Waals surface area (Å²) in [6.45, 7) is 4.52. The van der Waals surface area contributed by atoms with Crippen LogP contribution < -0.4 is 0 Å². The van der Waals surface area contributed by atoms with Crippen LogP contribution >= 0.6 is 15.6 Å². The van der Waals surface area contributed by atoms with Gasteiger partial charge in [0.25, 0.3) is 0 Å². The van der Waals surface area contributed by atoms with Crippen molar-refractivity contribution in [2.75, 3.05) is 39.6 Å². The molecule has 0 spiro atoms. The summed E-state index contributed by atoms with van der Waals surface area (Å²) in [5.41, 5.74) is 0. The van der Waals surface area contributed by atoms with Crippen molar-refractivity contribution < 1.29 is 80.2 Å². The number of aliphatic hydroxyl groups is 1. The quantitative estimate of drug-likeness (QED) is 0.0222. The van der Waals surface area contributed by atoms with Crippen LogP contribution in [0.2, 0.25) is 0 Å². The highest BCUT2D eigenvalue weighted by molar-refractivity contribution is 7.47. The summed E-state index contributed by atoms with van der Waals surface area (Å²) in [7, 11) is -9.83. The smallest absolute Gasteiger partial charge is 0.462 e. The van der Waals surface area contributed by atoms with E-state index in [0.29, 0.717) is 25.7 Å². The van der Waals surface area contributed by atoms with Gasteiger partial charge in [-0.05, 0) is 25.7 Å². The van der Waals surface area contributed by atoms with E-state index in [-0.39, 0.29) is 25.7 Å². The predicted octanol–water partition coefficient (Wildman–Crippen LogP) is 12.5. The molecule has 69 heavy (non-hydrogen) atoms. The second kappa shape index (κ2) is 45.9. The fourth-order valence-electron chi connectivity index (χ4n) is 7.16. The number of phosphoric acid groups is 2. The molecule has 0 saturated heterocycles. The molecule has 0 aromatic heterocycles. The van der Waals surface area contributed by atoms with Gasteiger partial charge in [-0.1, -0.05) is 188 Å². The van der Waals surface area contributed by atoms with E-state index >= 15 is 0 Å². The van der Waals surface area contributed by atoms with Crippen molar-refractivity contribution in [1.82, 2.24) is 0 Å². The molecule has 0 amide bonds. The number of carbonyl (C=O) groups excluding carboxylic acids is 4. The van der Waals surface area contributed by atoms with Crippen LogP contribution in [0.5, 0.6) is 0 Å². The lowest BCUT2D eigenvalue weighted by Gasteiger charge is -2.21. The summed E-state index contributed by atoms with van der Waals surface area (Å²) in [5.74, 6) is -2.19. The molecule has 2 unspecified atom stereocenters. The van der Waals surface area contributed by atoms with Crippen molar-refractivity contribution in [3.63, 3.8) is 0 Å². The lowest BCUT2D eigenvalue weighted by atomic mass is 10.0. The second-order valence-electron chi connectivity index (χ2n) is 18.2. The lowest BCUT2D eigenvalue weighted by molar-refractivity contribution is -0.161. The van der Waals surface area contributed by atoms with E-state index in [1.807, 2.05) is 6.92 Å². The van der Waals surface area contributed by atoms with E-state index in [1.165, 1.54) is 64.2 Å². The molecule has 0 aliphatic rings. The van der Waals surface area contributed by atoms with Crippen molar-refractivity contribution in [3.8, 4) is 0 Å². The minimum atomic E-state index is -4.92. The van der Waals surface area contributed by atoms with E-state index in [2.05, 4.69) is 20.8 Å². The number of esters is 4. The molecule has 19 heteroatoms. The first-order chi connectivity index (χ1) is 33.2. The van der Waals surface area contributed by atoms with Gasteiger partial charge in [-0.2, -0.15) is 0 Å². The molecular formula is C50H96O17P2. The Morgan fingerprint density at radius 2 is 0.580 bits per heavy atom. The molecule has 0 saturated carbocycles. The van der Waals surface area contributed by atoms with Crippen LogP contribution in [0.3, 0.4) is 0 Å². The average molecular weight is 1030 g/mol. The summed E-state index contributed by atoms with van der Waals surface area (Å²) < 4.78 is 66.8. The number of hydrogen-bond donors (Lipinski definition) is 3. The average Bonchev–Trinajstić information content (AvgIpc) is 3.31.